The highest BCUT2D eigenvalue weighted by Gasteiger charge is 2.30. The second-order valence-electron chi connectivity index (χ2n) is 5.20. The largest absolute Gasteiger partial charge is 0.444 e. The molecule has 15 heavy (non-hydrogen) atoms. The molecule has 0 aliphatic carbocycles. The molecule has 1 aliphatic rings. The minimum absolute atomic E-state index is 0.199. The van der Waals surface area contributed by atoms with Crippen LogP contribution in [0.1, 0.15) is 40.5 Å². The van der Waals surface area contributed by atoms with Crippen LogP contribution in [0, 0.1) is 0 Å². The molecule has 1 amide bonds. The van der Waals surface area contributed by atoms with Gasteiger partial charge in [0.25, 0.3) is 0 Å². The zero-order valence-corrected chi connectivity index (χ0v) is 10.9. The smallest absolute Gasteiger partial charge is 0.410 e. The lowest BCUT2D eigenvalue weighted by molar-refractivity contribution is 0.0126. The highest BCUT2D eigenvalue weighted by molar-refractivity contribution is 7.80. The summed E-state index contributed by atoms with van der Waals surface area (Å²) in [7, 11) is 0. The molecule has 0 aromatic carbocycles. The van der Waals surface area contributed by atoms with Crippen LogP contribution in [-0.2, 0) is 4.74 Å². The summed E-state index contributed by atoms with van der Waals surface area (Å²) in [6.45, 7) is 8.47. The molecule has 3 nitrogen and oxygen atoms in total. The van der Waals surface area contributed by atoms with Crippen molar-refractivity contribution >= 4 is 18.7 Å². The van der Waals surface area contributed by atoms with E-state index in [1.54, 1.807) is 4.90 Å². The zero-order chi connectivity index (χ0) is 11.6. The van der Waals surface area contributed by atoms with Crippen molar-refractivity contribution in [2.75, 3.05) is 6.54 Å². The minimum atomic E-state index is -0.408. The second kappa shape index (κ2) is 4.64. The van der Waals surface area contributed by atoms with E-state index >= 15 is 0 Å². The molecule has 1 saturated heterocycles. The normalized spacial score (nSPS) is 27.7. The fraction of sp³-hybridized carbons (Fsp3) is 0.909. The number of carbonyl (C=O) groups excluding carboxylic acids is 1. The van der Waals surface area contributed by atoms with Gasteiger partial charge in [-0.1, -0.05) is 0 Å². The van der Waals surface area contributed by atoms with Gasteiger partial charge in [0.05, 0.1) is 0 Å². The number of ether oxygens (including phenoxy) is 1. The highest BCUT2D eigenvalue weighted by Crippen LogP contribution is 2.23. The van der Waals surface area contributed by atoms with Gasteiger partial charge < -0.3 is 9.64 Å². The van der Waals surface area contributed by atoms with Gasteiger partial charge in [0.15, 0.2) is 0 Å². The number of likely N-dealkylation sites (tertiary alicyclic amines) is 1. The predicted octanol–water partition coefficient (Wildman–Crippen LogP) is 2.70. The Bertz CT molecular complexity index is 237. The SMILES string of the molecule is CC1CC(S)CCN1C(=O)OC(C)(C)C. The Labute approximate surface area is 97.6 Å². The summed E-state index contributed by atoms with van der Waals surface area (Å²) >= 11 is 4.44. The Hall–Kier alpha value is -0.380. The summed E-state index contributed by atoms with van der Waals surface area (Å²) in [5.41, 5.74) is -0.408. The van der Waals surface area contributed by atoms with E-state index < -0.39 is 5.60 Å². The van der Waals surface area contributed by atoms with Crippen LogP contribution in [0.2, 0.25) is 0 Å². The summed E-state index contributed by atoms with van der Waals surface area (Å²) in [6.07, 6.45) is 1.70. The standard InChI is InChI=1S/C11H21NO2S/c1-8-7-9(15)5-6-12(8)10(13)14-11(2,3)4/h8-9,15H,5-7H2,1-4H3. The fourth-order valence-electron chi connectivity index (χ4n) is 1.74. The number of nitrogens with zero attached hydrogens (tertiary/aromatic N) is 1. The molecule has 1 heterocycles. The number of rotatable bonds is 0. The number of hydrogen-bond acceptors (Lipinski definition) is 3. The predicted molar refractivity (Wildman–Crippen MR) is 64.4 cm³/mol. The summed E-state index contributed by atoms with van der Waals surface area (Å²) in [5, 5.41) is 0.415. The monoisotopic (exact) mass is 231 g/mol. The third kappa shape index (κ3) is 3.93. The topological polar surface area (TPSA) is 29.5 Å². The van der Waals surface area contributed by atoms with Gasteiger partial charge in [-0.05, 0) is 40.5 Å². The lowest BCUT2D eigenvalue weighted by atomic mass is 10.0. The Morgan fingerprint density at radius 2 is 2.07 bits per heavy atom. The Morgan fingerprint density at radius 3 is 2.53 bits per heavy atom. The maximum Gasteiger partial charge on any atom is 0.410 e. The summed E-state index contributed by atoms with van der Waals surface area (Å²) < 4.78 is 5.34. The summed E-state index contributed by atoms with van der Waals surface area (Å²) in [5.74, 6) is 0. The molecule has 0 bridgehead atoms. The van der Waals surface area contributed by atoms with E-state index in [-0.39, 0.29) is 12.1 Å². The molecule has 2 unspecified atom stereocenters. The van der Waals surface area contributed by atoms with Crippen LogP contribution in [0.25, 0.3) is 0 Å². The Balaban J connectivity index is 2.53. The average molecular weight is 231 g/mol. The molecule has 0 spiro atoms. The van der Waals surface area contributed by atoms with E-state index in [2.05, 4.69) is 12.6 Å². The molecule has 1 fully saturated rings. The number of piperidine rings is 1. The van der Waals surface area contributed by atoms with Crippen LogP contribution in [0.3, 0.4) is 0 Å². The van der Waals surface area contributed by atoms with Crippen LogP contribution in [0.5, 0.6) is 0 Å². The van der Waals surface area contributed by atoms with Gasteiger partial charge in [-0.25, -0.2) is 4.79 Å². The van der Waals surface area contributed by atoms with Crippen LogP contribution < -0.4 is 0 Å². The van der Waals surface area contributed by atoms with Crippen molar-refractivity contribution in [1.82, 2.24) is 4.90 Å². The lowest BCUT2D eigenvalue weighted by Crippen LogP contribution is -2.47. The first-order valence-electron chi connectivity index (χ1n) is 5.47. The molecule has 4 heteroatoms. The van der Waals surface area contributed by atoms with E-state index in [1.165, 1.54) is 0 Å². The number of hydrogen-bond donors (Lipinski definition) is 1. The van der Waals surface area contributed by atoms with E-state index in [0.29, 0.717) is 5.25 Å². The number of carbonyl (C=O) groups is 1. The van der Waals surface area contributed by atoms with Gasteiger partial charge in [-0.15, -0.1) is 0 Å². The lowest BCUT2D eigenvalue weighted by Gasteiger charge is -2.36. The molecule has 0 saturated carbocycles. The molecule has 0 radical (unpaired) electrons. The second-order valence-corrected chi connectivity index (χ2v) is 5.93. The third-order valence-electron chi connectivity index (χ3n) is 2.48. The maximum atomic E-state index is 11.8. The van der Waals surface area contributed by atoms with Crippen molar-refractivity contribution < 1.29 is 9.53 Å². The Kier molecular flexibility index (Phi) is 3.93. The molecule has 0 N–H and O–H groups in total. The molecule has 0 aromatic rings. The zero-order valence-electron chi connectivity index (χ0n) is 9.99. The summed E-state index contributed by atoms with van der Waals surface area (Å²) in [4.78, 5) is 13.6. The van der Waals surface area contributed by atoms with Crippen LogP contribution in [0.4, 0.5) is 4.79 Å². The quantitative estimate of drug-likeness (QED) is 0.650. The molecular formula is C11H21NO2S. The molecule has 1 aliphatic heterocycles. The van der Waals surface area contributed by atoms with Gasteiger partial charge in [-0.2, -0.15) is 12.6 Å². The molecule has 1 rings (SSSR count). The average Bonchev–Trinajstić information content (AvgIpc) is 1.99. The van der Waals surface area contributed by atoms with Crippen molar-refractivity contribution in [2.45, 2.75) is 57.4 Å². The number of thiol groups is 1. The maximum absolute atomic E-state index is 11.8. The Morgan fingerprint density at radius 1 is 1.47 bits per heavy atom. The van der Waals surface area contributed by atoms with Crippen LogP contribution in [0.15, 0.2) is 0 Å². The molecular weight excluding hydrogens is 210 g/mol. The van der Waals surface area contributed by atoms with Crippen molar-refractivity contribution in [3.8, 4) is 0 Å². The first kappa shape index (κ1) is 12.7. The van der Waals surface area contributed by atoms with Crippen molar-refractivity contribution in [1.29, 1.82) is 0 Å². The van der Waals surface area contributed by atoms with Gasteiger partial charge in [0.1, 0.15) is 5.60 Å². The van der Waals surface area contributed by atoms with Crippen molar-refractivity contribution in [3.05, 3.63) is 0 Å². The number of amides is 1. The third-order valence-corrected chi connectivity index (χ3v) is 2.95. The first-order valence-corrected chi connectivity index (χ1v) is 5.99. The van der Waals surface area contributed by atoms with E-state index in [0.717, 1.165) is 19.4 Å². The highest BCUT2D eigenvalue weighted by atomic mass is 32.1. The summed E-state index contributed by atoms with van der Waals surface area (Å²) in [6, 6.07) is 0.232. The molecule has 0 aromatic heterocycles. The van der Waals surface area contributed by atoms with E-state index in [1.807, 2.05) is 27.7 Å². The van der Waals surface area contributed by atoms with Crippen LogP contribution in [-0.4, -0.2) is 34.4 Å². The van der Waals surface area contributed by atoms with Gasteiger partial charge in [-0.3, -0.25) is 0 Å². The van der Waals surface area contributed by atoms with Crippen LogP contribution >= 0.6 is 12.6 Å². The molecule has 88 valence electrons. The first-order chi connectivity index (χ1) is 6.79. The van der Waals surface area contributed by atoms with Crippen molar-refractivity contribution in [3.63, 3.8) is 0 Å². The molecule has 2 atom stereocenters. The van der Waals surface area contributed by atoms with E-state index in [9.17, 15) is 4.79 Å². The minimum Gasteiger partial charge on any atom is -0.444 e. The van der Waals surface area contributed by atoms with Gasteiger partial charge in [0, 0.05) is 17.8 Å². The van der Waals surface area contributed by atoms with Gasteiger partial charge in [0.2, 0.25) is 0 Å². The van der Waals surface area contributed by atoms with E-state index in [4.69, 9.17) is 4.74 Å². The van der Waals surface area contributed by atoms with Gasteiger partial charge >= 0.3 is 6.09 Å². The fourth-order valence-corrected chi connectivity index (χ4v) is 2.16. The van der Waals surface area contributed by atoms with Crippen molar-refractivity contribution in [2.24, 2.45) is 0 Å².